The van der Waals surface area contributed by atoms with Gasteiger partial charge in [0.15, 0.2) is 0 Å². The average Bonchev–Trinajstić information content (AvgIpc) is 2.26. The highest BCUT2D eigenvalue weighted by Gasteiger charge is 2.41. The third kappa shape index (κ3) is 0.340. The van der Waals surface area contributed by atoms with Crippen LogP contribution < -0.4 is 0 Å². The van der Waals surface area contributed by atoms with E-state index in [9.17, 15) is 0 Å². The molecular weight excluding hydrogens is 80.0 g/mol. The van der Waals surface area contributed by atoms with Crippen molar-refractivity contribution in [3.05, 3.63) is 0 Å². The summed E-state index contributed by atoms with van der Waals surface area (Å²) < 4.78 is 9.81. The van der Waals surface area contributed by atoms with Crippen molar-refractivity contribution < 1.29 is 9.47 Å². The Morgan fingerprint density at radius 3 is 1.50 bits per heavy atom. The molecule has 0 aliphatic carbocycles. The summed E-state index contributed by atoms with van der Waals surface area (Å²) in [6, 6.07) is 0. The van der Waals surface area contributed by atoms with Gasteiger partial charge in [0, 0.05) is 0 Å². The fourth-order valence-electron chi connectivity index (χ4n) is 0.540. The number of hydrogen-bond acceptors (Lipinski definition) is 2. The van der Waals surface area contributed by atoms with Gasteiger partial charge < -0.3 is 9.47 Å². The SMILES string of the molecule is C1O[C@H]1[C@H]1CO1. The van der Waals surface area contributed by atoms with Crippen LogP contribution in [-0.4, -0.2) is 25.4 Å². The summed E-state index contributed by atoms with van der Waals surface area (Å²) in [7, 11) is 0. The van der Waals surface area contributed by atoms with Crippen molar-refractivity contribution in [1.29, 1.82) is 0 Å². The fraction of sp³-hybridized carbons (Fsp3) is 1.00. The van der Waals surface area contributed by atoms with Gasteiger partial charge in [-0.15, -0.1) is 0 Å². The van der Waals surface area contributed by atoms with E-state index in [0.717, 1.165) is 13.2 Å². The Hall–Kier alpha value is -0.0800. The van der Waals surface area contributed by atoms with Crippen LogP contribution in [0.5, 0.6) is 0 Å². The van der Waals surface area contributed by atoms with Crippen molar-refractivity contribution in [2.45, 2.75) is 12.2 Å². The van der Waals surface area contributed by atoms with Crippen LogP contribution in [0.4, 0.5) is 0 Å². The highest BCUT2D eigenvalue weighted by molar-refractivity contribution is 4.86. The van der Waals surface area contributed by atoms with E-state index in [-0.39, 0.29) is 0 Å². The lowest BCUT2D eigenvalue weighted by molar-refractivity contribution is 0.325. The van der Waals surface area contributed by atoms with Crippen molar-refractivity contribution >= 4 is 0 Å². The zero-order chi connectivity index (χ0) is 3.98. The van der Waals surface area contributed by atoms with Crippen LogP contribution in [0.2, 0.25) is 0 Å². The third-order valence-corrected chi connectivity index (χ3v) is 1.13. The predicted octanol–water partition coefficient (Wildman–Crippen LogP) is -0.216. The Morgan fingerprint density at radius 2 is 1.33 bits per heavy atom. The van der Waals surface area contributed by atoms with Crippen LogP contribution in [0.3, 0.4) is 0 Å². The van der Waals surface area contributed by atoms with Gasteiger partial charge in [-0.25, -0.2) is 0 Å². The van der Waals surface area contributed by atoms with Gasteiger partial charge >= 0.3 is 0 Å². The van der Waals surface area contributed by atoms with Crippen molar-refractivity contribution in [3.8, 4) is 0 Å². The van der Waals surface area contributed by atoms with Crippen LogP contribution in [0.1, 0.15) is 0 Å². The van der Waals surface area contributed by atoms with E-state index in [2.05, 4.69) is 0 Å². The van der Waals surface area contributed by atoms with E-state index in [0.29, 0.717) is 12.2 Å². The molecule has 0 aromatic heterocycles. The normalized spacial score (nSPS) is 52.0. The number of hydrogen-bond donors (Lipinski definition) is 0. The second-order valence-corrected chi connectivity index (χ2v) is 1.74. The summed E-state index contributed by atoms with van der Waals surface area (Å²) in [5.74, 6) is 0. The smallest absolute Gasteiger partial charge is 0.109 e. The first kappa shape index (κ1) is 2.99. The van der Waals surface area contributed by atoms with Crippen LogP contribution >= 0.6 is 0 Å². The first-order valence-corrected chi connectivity index (χ1v) is 2.20. The van der Waals surface area contributed by atoms with E-state index >= 15 is 0 Å². The average molecular weight is 86.1 g/mol. The van der Waals surface area contributed by atoms with Gasteiger partial charge in [-0.3, -0.25) is 0 Å². The first-order valence-electron chi connectivity index (χ1n) is 2.20. The first-order chi connectivity index (χ1) is 2.97. The van der Waals surface area contributed by atoms with Crippen molar-refractivity contribution in [2.75, 3.05) is 13.2 Å². The molecule has 2 aliphatic heterocycles. The largest absolute Gasteiger partial charge is 0.370 e. The quantitative estimate of drug-likeness (QED) is 0.412. The fourth-order valence-corrected chi connectivity index (χ4v) is 0.540. The third-order valence-electron chi connectivity index (χ3n) is 1.13. The molecule has 0 bridgehead atoms. The second kappa shape index (κ2) is 0.768. The maximum atomic E-state index is 4.91. The van der Waals surface area contributed by atoms with Gasteiger partial charge in [0.2, 0.25) is 0 Å². The standard InChI is InChI=1S/C4H6O2/c1-3(5-1)4-2-6-4/h3-4H,1-2H2/t3-,4-/m1/s1. The molecule has 2 aliphatic rings. The minimum Gasteiger partial charge on any atom is -0.370 e. The summed E-state index contributed by atoms with van der Waals surface area (Å²) in [6.45, 7) is 1.87. The zero-order valence-corrected chi connectivity index (χ0v) is 3.39. The van der Waals surface area contributed by atoms with Crippen LogP contribution in [0.25, 0.3) is 0 Å². The maximum Gasteiger partial charge on any atom is 0.109 e. The Bertz CT molecular complexity index is 53.9. The predicted molar refractivity (Wildman–Crippen MR) is 19.5 cm³/mol. The molecule has 2 heterocycles. The molecule has 0 amide bonds. The number of ether oxygens (including phenoxy) is 2. The zero-order valence-electron chi connectivity index (χ0n) is 3.39. The monoisotopic (exact) mass is 86.0 g/mol. The van der Waals surface area contributed by atoms with Gasteiger partial charge in [0.05, 0.1) is 13.2 Å². The van der Waals surface area contributed by atoms with Gasteiger partial charge in [-0.05, 0) is 0 Å². The number of rotatable bonds is 1. The van der Waals surface area contributed by atoms with E-state index in [1.807, 2.05) is 0 Å². The molecule has 2 fully saturated rings. The Morgan fingerprint density at radius 1 is 1.00 bits per heavy atom. The molecule has 2 rings (SSSR count). The van der Waals surface area contributed by atoms with E-state index in [1.54, 1.807) is 0 Å². The Balaban J connectivity index is 1.92. The highest BCUT2D eigenvalue weighted by atomic mass is 16.6. The summed E-state index contributed by atoms with van der Waals surface area (Å²) in [4.78, 5) is 0. The molecule has 2 nitrogen and oxygen atoms in total. The molecule has 0 spiro atoms. The molecule has 0 aromatic rings. The molecule has 6 heavy (non-hydrogen) atoms. The van der Waals surface area contributed by atoms with E-state index in [1.165, 1.54) is 0 Å². The molecule has 0 aromatic carbocycles. The summed E-state index contributed by atoms with van der Waals surface area (Å²) in [6.07, 6.45) is 0.981. The molecule has 2 heteroatoms. The Labute approximate surface area is 36.0 Å². The minimum atomic E-state index is 0.491. The van der Waals surface area contributed by atoms with Crippen molar-refractivity contribution in [1.82, 2.24) is 0 Å². The lowest BCUT2D eigenvalue weighted by Gasteiger charge is -1.70. The van der Waals surface area contributed by atoms with Crippen molar-refractivity contribution in [2.24, 2.45) is 0 Å². The van der Waals surface area contributed by atoms with Crippen molar-refractivity contribution in [3.63, 3.8) is 0 Å². The molecule has 34 valence electrons. The molecule has 2 atom stereocenters. The molecular formula is C4H6O2. The molecule has 0 saturated carbocycles. The van der Waals surface area contributed by atoms with E-state index < -0.39 is 0 Å². The van der Waals surface area contributed by atoms with Gasteiger partial charge in [-0.1, -0.05) is 0 Å². The molecule has 2 saturated heterocycles. The summed E-state index contributed by atoms with van der Waals surface area (Å²) in [5.41, 5.74) is 0. The second-order valence-electron chi connectivity index (χ2n) is 1.74. The highest BCUT2D eigenvalue weighted by Crippen LogP contribution is 2.25. The summed E-state index contributed by atoms with van der Waals surface area (Å²) >= 11 is 0. The van der Waals surface area contributed by atoms with Gasteiger partial charge in [0.25, 0.3) is 0 Å². The number of epoxide rings is 2. The molecule has 0 unspecified atom stereocenters. The van der Waals surface area contributed by atoms with Crippen LogP contribution in [0.15, 0.2) is 0 Å². The van der Waals surface area contributed by atoms with E-state index in [4.69, 9.17) is 9.47 Å². The van der Waals surface area contributed by atoms with Crippen LogP contribution in [-0.2, 0) is 9.47 Å². The lowest BCUT2D eigenvalue weighted by Crippen LogP contribution is -1.92. The van der Waals surface area contributed by atoms with Gasteiger partial charge in [0.1, 0.15) is 12.2 Å². The minimum absolute atomic E-state index is 0.491. The van der Waals surface area contributed by atoms with Crippen LogP contribution in [0, 0.1) is 0 Å². The lowest BCUT2D eigenvalue weighted by atomic mass is 10.4. The topological polar surface area (TPSA) is 25.1 Å². The molecule has 0 radical (unpaired) electrons. The molecule has 0 N–H and O–H groups in total. The summed E-state index contributed by atoms with van der Waals surface area (Å²) in [5, 5.41) is 0. The maximum absolute atomic E-state index is 4.91. The Kier molecular flexibility index (Phi) is 0.383. The van der Waals surface area contributed by atoms with Gasteiger partial charge in [-0.2, -0.15) is 0 Å².